The Morgan fingerprint density at radius 2 is 2.04 bits per heavy atom. The summed E-state index contributed by atoms with van der Waals surface area (Å²) in [5.41, 5.74) is 0.571. The highest BCUT2D eigenvalue weighted by Crippen LogP contribution is 2.24. The van der Waals surface area contributed by atoms with Crippen LogP contribution in [0.15, 0.2) is 33.5 Å². The van der Waals surface area contributed by atoms with Crippen LogP contribution in [0.2, 0.25) is 0 Å². The van der Waals surface area contributed by atoms with Gasteiger partial charge >= 0.3 is 5.97 Å². The van der Waals surface area contributed by atoms with Crippen molar-refractivity contribution in [3.63, 3.8) is 0 Å². The van der Waals surface area contributed by atoms with Crippen molar-refractivity contribution in [3.8, 4) is 5.88 Å². The van der Waals surface area contributed by atoms with Gasteiger partial charge in [0, 0.05) is 6.07 Å². The van der Waals surface area contributed by atoms with Crippen molar-refractivity contribution in [2.24, 2.45) is 0 Å². The van der Waals surface area contributed by atoms with Crippen LogP contribution in [0, 0.1) is 0 Å². The van der Waals surface area contributed by atoms with E-state index in [0.29, 0.717) is 11.0 Å². The summed E-state index contributed by atoms with van der Waals surface area (Å²) in [5.74, 6) is -2.03. The number of rotatable bonds is 4. The van der Waals surface area contributed by atoms with E-state index in [4.69, 9.17) is 9.52 Å². The maximum absolute atomic E-state index is 12.6. The Hall–Kier alpha value is -2.89. The maximum Gasteiger partial charge on any atom is 0.341 e. The molecule has 0 bridgehead atoms. The number of hydrogen-bond acceptors (Lipinski definition) is 5. The third-order valence-electron chi connectivity index (χ3n) is 3.74. The molecule has 6 nitrogen and oxygen atoms in total. The fraction of sp³-hybridized carbons (Fsp3) is 0.235. The standard InChI is InChI=1S/C17H15NO5/c1-2-3-4-9-5-6-12-10(7-9)15(19)14-13(23-12)8-11(17(21)22)16(20)18-14/h5-8H,2-4H2,1H3,(H,18,20)(H,21,22). The van der Waals surface area contributed by atoms with Gasteiger partial charge in [-0.1, -0.05) is 19.4 Å². The predicted octanol–water partition coefficient (Wildman–Crippen LogP) is 3.09. The monoisotopic (exact) mass is 313 g/mol. The number of pyridine rings is 1. The summed E-state index contributed by atoms with van der Waals surface area (Å²) in [7, 11) is 0. The molecule has 3 aromatic rings. The van der Waals surface area contributed by atoms with E-state index in [1.807, 2.05) is 6.07 Å². The molecule has 0 amide bonds. The van der Waals surface area contributed by atoms with Gasteiger partial charge in [0.2, 0.25) is 11.3 Å². The minimum atomic E-state index is -1.34. The number of aromatic nitrogens is 1. The molecular weight excluding hydrogens is 298 g/mol. The summed E-state index contributed by atoms with van der Waals surface area (Å²) in [6.07, 6.45) is 2.93. The molecule has 0 aliphatic rings. The van der Waals surface area contributed by atoms with Crippen LogP contribution in [0.5, 0.6) is 5.88 Å². The molecule has 0 fully saturated rings. The highest BCUT2D eigenvalue weighted by Gasteiger charge is 2.17. The van der Waals surface area contributed by atoms with E-state index in [9.17, 15) is 14.7 Å². The molecule has 0 saturated carbocycles. The van der Waals surface area contributed by atoms with Crippen molar-refractivity contribution in [2.45, 2.75) is 26.2 Å². The lowest BCUT2D eigenvalue weighted by Gasteiger charge is -2.05. The van der Waals surface area contributed by atoms with Crippen LogP contribution in [0.1, 0.15) is 35.7 Å². The molecule has 0 atom stereocenters. The fourth-order valence-corrected chi connectivity index (χ4v) is 2.51. The van der Waals surface area contributed by atoms with Gasteiger partial charge in [-0.05, 0) is 30.5 Å². The first-order valence-corrected chi connectivity index (χ1v) is 7.34. The van der Waals surface area contributed by atoms with Crippen molar-refractivity contribution in [3.05, 3.63) is 45.6 Å². The Morgan fingerprint density at radius 1 is 1.26 bits per heavy atom. The quantitative estimate of drug-likeness (QED) is 0.718. The Bertz CT molecular complexity index is 974. The first kappa shape index (κ1) is 15.0. The normalized spacial score (nSPS) is 11.2. The highest BCUT2D eigenvalue weighted by atomic mass is 16.4. The maximum atomic E-state index is 12.6. The largest absolute Gasteiger partial charge is 0.493 e. The number of hydrogen-bond donors (Lipinski definition) is 2. The van der Waals surface area contributed by atoms with Crippen molar-refractivity contribution in [2.75, 3.05) is 0 Å². The first-order valence-electron chi connectivity index (χ1n) is 7.34. The number of fused-ring (bicyclic) bond motifs is 2. The van der Waals surface area contributed by atoms with E-state index in [1.54, 1.807) is 12.1 Å². The second-order valence-electron chi connectivity index (χ2n) is 5.38. The average molecular weight is 313 g/mol. The molecule has 0 spiro atoms. The number of unbranched alkanes of at least 4 members (excludes halogenated alkanes) is 1. The fourth-order valence-electron chi connectivity index (χ4n) is 2.51. The van der Waals surface area contributed by atoms with E-state index in [0.717, 1.165) is 30.9 Å². The molecule has 0 saturated heterocycles. The van der Waals surface area contributed by atoms with E-state index >= 15 is 0 Å². The van der Waals surface area contributed by atoms with E-state index in [2.05, 4.69) is 11.9 Å². The molecule has 0 radical (unpaired) electrons. The number of carboxylic acids is 1. The molecule has 2 aromatic heterocycles. The molecule has 118 valence electrons. The Labute approximate surface area is 131 Å². The van der Waals surface area contributed by atoms with Gasteiger partial charge in [0.05, 0.1) is 5.39 Å². The van der Waals surface area contributed by atoms with Gasteiger partial charge in [-0.3, -0.25) is 4.79 Å². The number of aryl methyl sites for hydroxylation is 1. The Morgan fingerprint density at radius 3 is 2.74 bits per heavy atom. The highest BCUT2D eigenvalue weighted by molar-refractivity contribution is 5.95. The molecule has 2 heterocycles. The Balaban J connectivity index is 2.27. The number of benzene rings is 1. The van der Waals surface area contributed by atoms with E-state index in [1.165, 1.54) is 0 Å². The van der Waals surface area contributed by atoms with Crippen LogP contribution in [0.3, 0.4) is 0 Å². The Kier molecular flexibility index (Phi) is 3.73. The first-order chi connectivity index (χ1) is 11.0. The zero-order valence-corrected chi connectivity index (χ0v) is 12.5. The summed E-state index contributed by atoms with van der Waals surface area (Å²) < 4.78 is 5.60. The van der Waals surface area contributed by atoms with Gasteiger partial charge in [0.15, 0.2) is 11.1 Å². The molecule has 2 N–H and O–H groups in total. The van der Waals surface area contributed by atoms with Crippen molar-refractivity contribution in [1.82, 2.24) is 4.98 Å². The molecule has 0 aliphatic heterocycles. The lowest BCUT2D eigenvalue weighted by molar-refractivity contribution is 0.0693. The summed E-state index contributed by atoms with van der Waals surface area (Å²) in [6, 6.07) is 6.47. The minimum absolute atomic E-state index is 0.0407. The van der Waals surface area contributed by atoms with Gasteiger partial charge in [0.1, 0.15) is 11.1 Å². The molecule has 6 heteroatoms. The number of carbonyl (C=O) groups is 1. The zero-order valence-electron chi connectivity index (χ0n) is 12.5. The average Bonchev–Trinajstić information content (AvgIpc) is 2.53. The van der Waals surface area contributed by atoms with E-state index < -0.39 is 17.4 Å². The third-order valence-corrected chi connectivity index (χ3v) is 3.74. The summed E-state index contributed by atoms with van der Waals surface area (Å²) in [4.78, 5) is 27.3. The SMILES string of the molecule is CCCCc1ccc2oc3cc(C(=O)O)c(O)nc3c(=O)c2c1. The molecule has 3 rings (SSSR count). The van der Waals surface area contributed by atoms with Crippen molar-refractivity contribution < 1.29 is 19.4 Å². The second kappa shape index (κ2) is 5.72. The van der Waals surface area contributed by atoms with Gasteiger partial charge in [-0.15, -0.1) is 0 Å². The van der Waals surface area contributed by atoms with Gasteiger partial charge < -0.3 is 14.6 Å². The molecule has 23 heavy (non-hydrogen) atoms. The third kappa shape index (κ3) is 2.63. The van der Waals surface area contributed by atoms with Crippen LogP contribution in [0.25, 0.3) is 22.1 Å². The number of carboxylic acid groups (broad SMARTS) is 1. The van der Waals surface area contributed by atoms with E-state index in [-0.39, 0.29) is 16.5 Å². The van der Waals surface area contributed by atoms with Crippen molar-refractivity contribution >= 4 is 28.0 Å². The van der Waals surface area contributed by atoms with Crippen molar-refractivity contribution in [1.29, 1.82) is 0 Å². The lowest BCUT2D eigenvalue weighted by atomic mass is 10.1. The predicted molar refractivity (Wildman–Crippen MR) is 85.0 cm³/mol. The summed E-state index contributed by atoms with van der Waals surface area (Å²) in [5, 5.41) is 19.1. The number of nitrogens with zero attached hydrogens (tertiary/aromatic N) is 1. The van der Waals surface area contributed by atoms with Gasteiger partial charge in [-0.25, -0.2) is 9.78 Å². The smallest absolute Gasteiger partial charge is 0.341 e. The zero-order chi connectivity index (χ0) is 16.6. The van der Waals surface area contributed by atoms with Gasteiger partial charge in [0.25, 0.3) is 0 Å². The number of aromatic carboxylic acids is 1. The number of aromatic hydroxyl groups is 1. The second-order valence-corrected chi connectivity index (χ2v) is 5.38. The lowest BCUT2D eigenvalue weighted by Crippen LogP contribution is -2.07. The van der Waals surface area contributed by atoms with Crippen LogP contribution >= 0.6 is 0 Å². The molecular formula is C17H15NO5. The molecule has 1 aromatic carbocycles. The molecule has 0 unspecified atom stereocenters. The summed E-state index contributed by atoms with van der Waals surface area (Å²) >= 11 is 0. The van der Waals surface area contributed by atoms with Gasteiger partial charge in [-0.2, -0.15) is 0 Å². The van der Waals surface area contributed by atoms with Crippen LogP contribution in [-0.4, -0.2) is 21.2 Å². The van der Waals surface area contributed by atoms with Crippen LogP contribution < -0.4 is 5.43 Å². The van der Waals surface area contributed by atoms with Crippen LogP contribution in [0.4, 0.5) is 0 Å². The van der Waals surface area contributed by atoms with Crippen LogP contribution in [-0.2, 0) is 6.42 Å². The summed E-state index contributed by atoms with van der Waals surface area (Å²) in [6.45, 7) is 2.09. The molecule has 0 aliphatic carbocycles. The topological polar surface area (TPSA) is 101 Å². The minimum Gasteiger partial charge on any atom is -0.493 e.